The molecule has 1 unspecified atom stereocenters. The lowest BCUT2D eigenvalue weighted by Crippen LogP contribution is -2.28. The standard InChI is InChI=1S/C20H22N2O3/c1-12-9-13(2)20-17(22-25-18(20)10-12)11-19(23)21-14(3)15-5-7-16(24-4)8-6-15/h5-10,14H,11H2,1-4H3,(H,21,23). The van der Waals surface area contributed by atoms with Crippen LogP contribution in [0.25, 0.3) is 11.0 Å². The van der Waals surface area contributed by atoms with E-state index in [1.807, 2.05) is 51.1 Å². The van der Waals surface area contributed by atoms with Gasteiger partial charge in [-0.2, -0.15) is 0 Å². The molecule has 0 radical (unpaired) electrons. The third-order valence-electron chi connectivity index (χ3n) is 4.31. The van der Waals surface area contributed by atoms with E-state index in [1.165, 1.54) is 0 Å². The van der Waals surface area contributed by atoms with Crippen LogP contribution in [0.15, 0.2) is 40.9 Å². The van der Waals surface area contributed by atoms with E-state index in [-0.39, 0.29) is 18.4 Å². The third kappa shape index (κ3) is 3.65. The summed E-state index contributed by atoms with van der Waals surface area (Å²) >= 11 is 0. The van der Waals surface area contributed by atoms with Crippen LogP contribution in [-0.2, 0) is 11.2 Å². The van der Waals surface area contributed by atoms with E-state index in [0.717, 1.165) is 33.4 Å². The minimum absolute atomic E-state index is 0.0847. The average molecular weight is 338 g/mol. The molecular formula is C20H22N2O3. The molecule has 130 valence electrons. The van der Waals surface area contributed by atoms with Crippen LogP contribution in [0, 0.1) is 13.8 Å². The third-order valence-corrected chi connectivity index (χ3v) is 4.31. The Hall–Kier alpha value is -2.82. The van der Waals surface area contributed by atoms with Crippen molar-refractivity contribution in [2.45, 2.75) is 33.2 Å². The molecule has 3 aromatic rings. The van der Waals surface area contributed by atoms with Crippen molar-refractivity contribution in [2.75, 3.05) is 7.11 Å². The van der Waals surface area contributed by atoms with Gasteiger partial charge in [0.2, 0.25) is 5.91 Å². The number of carbonyl (C=O) groups is 1. The molecule has 5 nitrogen and oxygen atoms in total. The number of aromatic nitrogens is 1. The van der Waals surface area contributed by atoms with Crippen LogP contribution in [0.5, 0.6) is 5.75 Å². The Morgan fingerprint density at radius 3 is 2.64 bits per heavy atom. The average Bonchev–Trinajstić information content (AvgIpc) is 2.97. The number of carbonyl (C=O) groups excluding carboxylic acids is 1. The Morgan fingerprint density at radius 1 is 1.24 bits per heavy atom. The van der Waals surface area contributed by atoms with Gasteiger partial charge in [0.15, 0.2) is 5.58 Å². The molecule has 0 aliphatic heterocycles. The highest BCUT2D eigenvalue weighted by Gasteiger charge is 2.16. The molecule has 1 atom stereocenters. The molecule has 0 saturated carbocycles. The molecule has 5 heteroatoms. The highest BCUT2D eigenvalue weighted by molar-refractivity contribution is 5.88. The first-order valence-corrected chi connectivity index (χ1v) is 8.26. The predicted molar refractivity (Wildman–Crippen MR) is 96.7 cm³/mol. The lowest BCUT2D eigenvalue weighted by molar-refractivity contribution is -0.121. The maximum absolute atomic E-state index is 12.4. The summed E-state index contributed by atoms with van der Waals surface area (Å²) in [5, 5.41) is 8.02. The van der Waals surface area contributed by atoms with Gasteiger partial charge in [0.1, 0.15) is 11.4 Å². The van der Waals surface area contributed by atoms with Crippen molar-refractivity contribution in [3.05, 3.63) is 58.8 Å². The summed E-state index contributed by atoms with van der Waals surface area (Å²) in [4.78, 5) is 12.4. The van der Waals surface area contributed by atoms with Crippen molar-refractivity contribution >= 4 is 16.9 Å². The lowest BCUT2D eigenvalue weighted by atomic mass is 10.0. The first-order valence-electron chi connectivity index (χ1n) is 8.26. The van der Waals surface area contributed by atoms with Gasteiger partial charge in [0.25, 0.3) is 0 Å². The fourth-order valence-electron chi connectivity index (χ4n) is 3.06. The summed E-state index contributed by atoms with van der Waals surface area (Å²) < 4.78 is 10.5. The van der Waals surface area contributed by atoms with Gasteiger partial charge in [0.05, 0.1) is 19.6 Å². The Balaban J connectivity index is 1.72. The van der Waals surface area contributed by atoms with Crippen LogP contribution < -0.4 is 10.1 Å². The molecule has 1 N–H and O–H groups in total. The van der Waals surface area contributed by atoms with E-state index in [9.17, 15) is 4.79 Å². The number of methoxy groups -OCH3 is 1. The van der Waals surface area contributed by atoms with Crippen LogP contribution in [0.3, 0.4) is 0 Å². The molecule has 1 amide bonds. The van der Waals surface area contributed by atoms with Crippen LogP contribution in [-0.4, -0.2) is 18.2 Å². The monoisotopic (exact) mass is 338 g/mol. The zero-order valence-corrected chi connectivity index (χ0v) is 14.9. The zero-order valence-electron chi connectivity index (χ0n) is 14.9. The number of nitrogens with zero attached hydrogens (tertiary/aromatic N) is 1. The Kier molecular flexibility index (Phi) is 4.74. The van der Waals surface area contributed by atoms with E-state index in [4.69, 9.17) is 9.26 Å². The van der Waals surface area contributed by atoms with Gasteiger partial charge < -0.3 is 14.6 Å². The normalized spacial score (nSPS) is 12.2. The van der Waals surface area contributed by atoms with Crippen molar-refractivity contribution in [2.24, 2.45) is 0 Å². The van der Waals surface area contributed by atoms with E-state index < -0.39 is 0 Å². The van der Waals surface area contributed by atoms with Crippen molar-refractivity contribution in [3.63, 3.8) is 0 Å². The SMILES string of the molecule is COc1ccc(C(C)NC(=O)Cc2noc3cc(C)cc(C)c23)cc1. The first-order chi connectivity index (χ1) is 12.0. The maximum atomic E-state index is 12.4. The van der Waals surface area contributed by atoms with E-state index in [0.29, 0.717) is 5.69 Å². The number of nitrogens with one attached hydrogen (secondary N) is 1. The highest BCUT2D eigenvalue weighted by Crippen LogP contribution is 2.25. The predicted octanol–water partition coefficient (Wildman–Crippen LogP) is 3.87. The van der Waals surface area contributed by atoms with Crippen LogP contribution in [0.1, 0.15) is 35.3 Å². The second kappa shape index (κ2) is 6.97. The minimum Gasteiger partial charge on any atom is -0.497 e. The van der Waals surface area contributed by atoms with Gasteiger partial charge in [-0.3, -0.25) is 4.79 Å². The number of fused-ring (bicyclic) bond motifs is 1. The smallest absolute Gasteiger partial charge is 0.226 e. The molecule has 0 fully saturated rings. The van der Waals surface area contributed by atoms with E-state index in [1.54, 1.807) is 7.11 Å². The van der Waals surface area contributed by atoms with Crippen LogP contribution >= 0.6 is 0 Å². The number of amides is 1. The fourth-order valence-corrected chi connectivity index (χ4v) is 3.06. The van der Waals surface area contributed by atoms with Crippen LogP contribution in [0.4, 0.5) is 0 Å². The molecule has 25 heavy (non-hydrogen) atoms. The molecule has 1 heterocycles. The summed E-state index contributed by atoms with van der Waals surface area (Å²) in [5.74, 6) is 0.709. The molecule has 2 aromatic carbocycles. The van der Waals surface area contributed by atoms with Gasteiger partial charge >= 0.3 is 0 Å². The van der Waals surface area contributed by atoms with E-state index in [2.05, 4.69) is 16.5 Å². The molecule has 0 bridgehead atoms. The van der Waals surface area contributed by atoms with Gasteiger partial charge in [-0.15, -0.1) is 0 Å². The fraction of sp³-hybridized carbons (Fsp3) is 0.300. The molecule has 0 aliphatic rings. The molecule has 0 saturated heterocycles. The number of aryl methyl sites for hydroxylation is 2. The quantitative estimate of drug-likeness (QED) is 0.767. The Labute approximate surface area is 147 Å². The molecule has 0 aliphatic carbocycles. The highest BCUT2D eigenvalue weighted by atomic mass is 16.5. The number of hydrogen-bond acceptors (Lipinski definition) is 4. The number of ether oxygens (including phenoxy) is 1. The number of rotatable bonds is 5. The molecule has 3 rings (SSSR count). The molecule has 0 spiro atoms. The topological polar surface area (TPSA) is 64.4 Å². The van der Waals surface area contributed by atoms with Crippen molar-refractivity contribution < 1.29 is 14.1 Å². The second-order valence-corrected chi connectivity index (χ2v) is 6.32. The second-order valence-electron chi connectivity index (χ2n) is 6.32. The number of hydrogen-bond donors (Lipinski definition) is 1. The Morgan fingerprint density at radius 2 is 1.96 bits per heavy atom. The van der Waals surface area contributed by atoms with Gasteiger partial charge in [-0.25, -0.2) is 0 Å². The summed E-state index contributed by atoms with van der Waals surface area (Å²) in [6.07, 6.45) is 0.192. The van der Waals surface area contributed by atoms with Gasteiger partial charge in [0, 0.05) is 5.39 Å². The first kappa shape index (κ1) is 17.0. The Bertz CT molecular complexity index is 897. The van der Waals surface area contributed by atoms with E-state index >= 15 is 0 Å². The van der Waals surface area contributed by atoms with Crippen molar-refractivity contribution in [3.8, 4) is 5.75 Å². The maximum Gasteiger partial charge on any atom is 0.226 e. The van der Waals surface area contributed by atoms with Crippen molar-refractivity contribution in [1.82, 2.24) is 10.5 Å². The summed E-state index contributed by atoms with van der Waals surface area (Å²) in [7, 11) is 1.63. The molecular weight excluding hydrogens is 316 g/mol. The zero-order chi connectivity index (χ0) is 18.0. The number of benzene rings is 2. The summed E-state index contributed by atoms with van der Waals surface area (Å²) in [5.41, 5.74) is 4.61. The van der Waals surface area contributed by atoms with Crippen molar-refractivity contribution in [1.29, 1.82) is 0 Å². The molecule has 1 aromatic heterocycles. The van der Waals surface area contributed by atoms with Gasteiger partial charge in [-0.1, -0.05) is 23.4 Å². The lowest BCUT2D eigenvalue weighted by Gasteiger charge is -2.14. The van der Waals surface area contributed by atoms with Crippen LogP contribution in [0.2, 0.25) is 0 Å². The summed E-state index contributed by atoms with van der Waals surface area (Å²) in [6, 6.07) is 11.6. The minimum atomic E-state index is -0.0973. The van der Waals surface area contributed by atoms with Gasteiger partial charge in [-0.05, 0) is 55.7 Å². The summed E-state index contributed by atoms with van der Waals surface area (Å²) in [6.45, 7) is 5.97. The largest absolute Gasteiger partial charge is 0.497 e.